The van der Waals surface area contributed by atoms with Crippen LogP contribution in [0.25, 0.3) is 0 Å². The Bertz CT molecular complexity index is 470. The van der Waals surface area contributed by atoms with E-state index in [1.807, 2.05) is 11.7 Å². The summed E-state index contributed by atoms with van der Waals surface area (Å²) in [5.74, 6) is 0.669. The van der Waals surface area contributed by atoms with Gasteiger partial charge in [0.05, 0.1) is 5.69 Å². The summed E-state index contributed by atoms with van der Waals surface area (Å²) in [6, 6.07) is 1.03. The van der Waals surface area contributed by atoms with E-state index < -0.39 is 0 Å². The number of hydrogen-bond acceptors (Lipinski definition) is 3. The minimum Gasteiger partial charge on any atom is -0.314 e. The van der Waals surface area contributed by atoms with Gasteiger partial charge in [0.1, 0.15) is 0 Å². The van der Waals surface area contributed by atoms with E-state index in [0.29, 0.717) is 18.0 Å². The fourth-order valence-electron chi connectivity index (χ4n) is 3.42. The molecule has 2 heterocycles. The second-order valence-electron chi connectivity index (χ2n) is 7.89. The lowest BCUT2D eigenvalue weighted by atomic mass is 9.84. The Morgan fingerprint density at radius 2 is 2.00 bits per heavy atom. The van der Waals surface area contributed by atoms with Gasteiger partial charge in [0.15, 0.2) is 0 Å². The summed E-state index contributed by atoms with van der Waals surface area (Å²) in [4.78, 5) is 2.50. The smallest absolute Gasteiger partial charge is 0.0725 e. The molecule has 0 aliphatic carbocycles. The van der Waals surface area contributed by atoms with Gasteiger partial charge in [0, 0.05) is 42.9 Å². The highest BCUT2D eigenvalue weighted by molar-refractivity contribution is 5.29. The molecule has 0 spiro atoms. The molecular weight excluding hydrogens is 260 g/mol. The van der Waals surface area contributed by atoms with Crippen LogP contribution in [0.1, 0.15) is 58.3 Å². The van der Waals surface area contributed by atoms with Crippen LogP contribution in [0.3, 0.4) is 0 Å². The van der Waals surface area contributed by atoms with E-state index in [4.69, 9.17) is 5.10 Å². The van der Waals surface area contributed by atoms with Crippen LogP contribution < -0.4 is 5.32 Å². The van der Waals surface area contributed by atoms with Crippen LogP contribution in [0.4, 0.5) is 0 Å². The molecule has 4 nitrogen and oxygen atoms in total. The Morgan fingerprint density at radius 1 is 1.33 bits per heavy atom. The minimum atomic E-state index is 0.0933. The van der Waals surface area contributed by atoms with E-state index in [0.717, 1.165) is 6.54 Å². The molecule has 1 N–H and O–H groups in total. The molecular formula is C17H32N4. The van der Waals surface area contributed by atoms with E-state index >= 15 is 0 Å². The number of aryl methyl sites for hydroxylation is 1. The molecule has 1 aliphatic heterocycles. The van der Waals surface area contributed by atoms with E-state index in [1.54, 1.807) is 0 Å². The first kappa shape index (κ1) is 16.5. The predicted octanol–water partition coefficient (Wildman–Crippen LogP) is 2.71. The van der Waals surface area contributed by atoms with Crippen molar-refractivity contribution in [2.45, 2.75) is 58.5 Å². The van der Waals surface area contributed by atoms with Crippen LogP contribution in [-0.2, 0) is 12.5 Å². The zero-order valence-electron chi connectivity index (χ0n) is 14.8. The standard InChI is InChI=1S/C17H32N4/c1-12(2)18-10-13-8-9-20(6)15(13)14-11-21(7)19-16(14)17(3,4)5/h11-13,15,18H,8-10H2,1-7H3. The number of hydrogen-bond donors (Lipinski definition) is 1. The number of aromatic nitrogens is 2. The molecule has 4 heteroatoms. The number of nitrogens with one attached hydrogen (secondary N) is 1. The maximum absolute atomic E-state index is 4.76. The maximum atomic E-state index is 4.76. The first-order chi connectivity index (χ1) is 9.70. The lowest BCUT2D eigenvalue weighted by molar-refractivity contribution is 0.266. The average molecular weight is 292 g/mol. The highest BCUT2D eigenvalue weighted by Gasteiger charge is 2.37. The van der Waals surface area contributed by atoms with Crippen molar-refractivity contribution in [3.8, 4) is 0 Å². The van der Waals surface area contributed by atoms with Gasteiger partial charge in [-0.15, -0.1) is 0 Å². The third-order valence-electron chi connectivity index (χ3n) is 4.45. The van der Waals surface area contributed by atoms with Gasteiger partial charge in [0.25, 0.3) is 0 Å². The number of likely N-dealkylation sites (tertiary alicyclic amines) is 1. The summed E-state index contributed by atoms with van der Waals surface area (Å²) in [5.41, 5.74) is 2.76. The van der Waals surface area contributed by atoms with Crippen LogP contribution in [0, 0.1) is 5.92 Å². The molecule has 1 aromatic heterocycles. The predicted molar refractivity (Wildman–Crippen MR) is 88.5 cm³/mol. The highest BCUT2D eigenvalue weighted by Crippen LogP contribution is 2.40. The van der Waals surface area contributed by atoms with E-state index in [2.05, 4.69) is 58.1 Å². The van der Waals surface area contributed by atoms with Crippen molar-refractivity contribution >= 4 is 0 Å². The van der Waals surface area contributed by atoms with Crippen molar-refractivity contribution < 1.29 is 0 Å². The molecule has 120 valence electrons. The van der Waals surface area contributed by atoms with Gasteiger partial charge < -0.3 is 5.32 Å². The summed E-state index contributed by atoms with van der Waals surface area (Å²) in [5, 5.41) is 8.38. The normalized spacial score (nSPS) is 24.2. The molecule has 1 aromatic rings. The van der Waals surface area contributed by atoms with Gasteiger partial charge in [-0.05, 0) is 25.9 Å². The van der Waals surface area contributed by atoms with Crippen LogP contribution in [0.15, 0.2) is 6.20 Å². The Hall–Kier alpha value is -0.870. The van der Waals surface area contributed by atoms with Crippen LogP contribution >= 0.6 is 0 Å². The van der Waals surface area contributed by atoms with Crippen LogP contribution in [-0.4, -0.2) is 40.9 Å². The Morgan fingerprint density at radius 3 is 2.57 bits per heavy atom. The Balaban J connectivity index is 2.29. The third kappa shape index (κ3) is 3.67. The molecule has 0 amide bonds. The lowest BCUT2D eigenvalue weighted by Gasteiger charge is -2.28. The SMILES string of the molecule is CC(C)NCC1CCN(C)C1c1cn(C)nc1C(C)(C)C. The zero-order valence-corrected chi connectivity index (χ0v) is 14.8. The fraction of sp³-hybridized carbons (Fsp3) is 0.824. The first-order valence-corrected chi connectivity index (χ1v) is 8.17. The largest absolute Gasteiger partial charge is 0.314 e. The summed E-state index contributed by atoms with van der Waals surface area (Å²) in [7, 11) is 4.29. The molecule has 1 aliphatic rings. The van der Waals surface area contributed by atoms with Crippen molar-refractivity contribution in [3.05, 3.63) is 17.5 Å². The zero-order chi connectivity index (χ0) is 15.8. The number of rotatable bonds is 4. The summed E-state index contributed by atoms with van der Waals surface area (Å²) >= 11 is 0. The van der Waals surface area contributed by atoms with Gasteiger partial charge in [-0.2, -0.15) is 5.10 Å². The second-order valence-corrected chi connectivity index (χ2v) is 7.89. The molecule has 0 bridgehead atoms. The van der Waals surface area contributed by atoms with Gasteiger partial charge in [-0.25, -0.2) is 0 Å². The van der Waals surface area contributed by atoms with Crippen molar-refractivity contribution in [2.75, 3.05) is 20.1 Å². The van der Waals surface area contributed by atoms with E-state index in [9.17, 15) is 0 Å². The molecule has 2 rings (SSSR count). The Kier molecular flexibility index (Phi) is 4.79. The van der Waals surface area contributed by atoms with Crippen LogP contribution in [0.2, 0.25) is 0 Å². The number of nitrogens with zero attached hydrogens (tertiary/aromatic N) is 3. The third-order valence-corrected chi connectivity index (χ3v) is 4.45. The quantitative estimate of drug-likeness (QED) is 0.926. The first-order valence-electron chi connectivity index (χ1n) is 8.17. The average Bonchev–Trinajstić information content (AvgIpc) is 2.89. The Labute approximate surface area is 129 Å². The lowest BCUT2D eigenvalue weighted by Crippen LogP contribution is -2.33. The van der Waals surface area contributed by atoms with Gasteiger partial charge in [0.2, 0.25) is 0 Å². The molecule has 21 heavy (non-hydrogen) atoms. The van der Waals surface area contributed by atoms with E-state index in [1.165, 1.54) is 24.2 Å². The van der Waals surface area contributed by atoms with Crippen molar-refractivity contribution in [1.29, 1.82) is 0 Å². The molecule has 0 radical (unpaired) electrons. The second kappa shape index (κ2) is 6.09. The molecule has 2 unspecified atom stereocenters. The van der Waals surface area contributed by atoms with Gasteiger partial charge in [-0.1, -0.05) is 34.6 Å². The fourth-order valence-corrected chi connectivity index (χ4v) is 3.42. The maximum Gasteiger partial charge on any atom is 0.0725 e. The molecule has 1 saturated heterocycles. The molecule has 1 fully saturated rings. The molecule has 0 aromatic carbocycles. The highest BCUT2D eigenvalue weighted by atomic mass is 15.3. The monoisotopic (exact) mass is 292 g/mol. The summed E-state index contributed by atoms with van der Waals surface area (Å²) in [6.07, 6.45) is 3.49. The van der Waals surface area contributed by atoms with Crippen molar-refractivity contribution in [1.82, 2.24) is 20.0 Å². The van der Waals surface area contributed by atoms with E-state index in [-0.39, 0.29) is 5.41 Å². The topological polar surface area (TPSA) is 33.1 Å². The summed E-state index contributed by atoms with van der Waals surface area (Å²) < 4.78 is 1.98. The van der Waals surface area contributed by atoms with Crippen molar-refractivity contribution in [3.63, 3.8) is 0 Å². The van der Waals surface area contributed by atoms with Crippen LogP contribution in [0.5, 0.6) is 0 Å². The van der Waals surface area contributed by atoms with Crippen molar-refractivity contribution in [2.24, 2.45) is 13.0 Å². The minimum absolute atomic E-state index is 0.0933. The van der Waals surface area contributed by atoms with Gasteiger partial charge in [-0.3, -0.25) is 9.58 Å². The molecule has 0 saturated carbocycles. The van der Waals surface area contributed by atoms with Gasteiger partial charge >= 0.3 is 0 Å². The molecule has 2 atom stereocenters. The summed E-state index contributed by atoms with van der Waals surface area (Å²) in [6.45, 7) is 13.5.